The van der Waals surface area contributed by atoms with E-state index in [2.05, 4.69) is 38.2 Å². The molecule has 1 aliphatic carbocycles. The highest BCUT2D eigenvalue weighted by atomic mass is 32.1. The van der Waals surface area contributed by atoms with Crippen molar-refractivity contribution in [1.82, 2.24) is 5.32 Å². The molecular formula is C18H31NS. The number of hydrogen-bond donors (Lipinski definition) is 1. The smallest absolute Gasteiger partial charge is 0.0143 e. The number of aryl methyl sites for hydroxylation is 1. The maximum Gasteiger partial charge on any atom is 0.0143 e. The highest BCUT2D eigenvalue weighted by molar-refractivity contribution is 7.11. The summed E-state index contributed by atoms with van der Waals surface area (Å²) in [6.07, 6.45) is 9.56. The zero-order chi connectivity index (χ0) is 14.4. The van der Waals surface area contributed by atoms with Crippen LogP contribution < -0.4 is 5.32 Å². The standard InChI is InChI=1S/C18H31NS/c1-4-14-7-9-15(10-8-14)18(19-6-3)13-17-12-11-16(5-2)20-17/h11-12,14-15,18-19H,4-10,13H2,1-3H3. The van der Waals surface area contributed by atoms with Gasteiger partial charge >= 0.3 is 0 Å². The number of hydrogen-bond acceptors (Lipinski definition) is 2. The molecule has 0 aromatic carbocycles. The first-order chi connectivity index (χ1) is 9.76. The fourth-order valence-corrected chi connectivity index (χ4v) is 4.62. The van der Waals surface area contributed by atoms with E-state index >= 15 is 0 Å². The summed E-state index contributed by atoms with van der Waals surface area (Å²) in [7, 11) is 0. The van der Waals surface area contributed by atoms with Gasteiger partial charge in [0.25, 0.3) is 0 Å². The van der Waals surface area contributed by atoms with Crippen LogP contribution in [0.2, 0.25) is 0 Å². The summed E-state index contributed by atoms with van der Waals surface area (Å²) in [6.45, 7) is 7.95. The minimum absolute atomic E-state index is 0.696. The molecule has 0 spiro atoms. The van der Waals surface area contributed by atoms with Crippen molar-refractivity contribution >= 4 is 11.3 Å². The van der Waals surface area contributed by atoms with Crippen LogP contribution in [-0.4, -0.2) is 12.6 Å². The van der Waals surface area contributed by atoms with Crippen molar-refractivity contribution in [3.8, 4) is 0 Å². The molecular weight excluding hydrogens is 262 g/mol. The van der Waals surface area contributed by atoms with E-state index in [0.717, 1.165) is 18.4 Å². The maximum absolute atomic E-state index is 3.77. The predicted molar refractivity (Wildman–Crippen MR) is 90.6 cm³/mol. The van der Waals surface area contributed by atoms with Crippen LogP contribution in [0.15, 0.2) is 12.1 Å². The molecule has 1 aromatic rings. The lowest BCUT2D eigenvalue weighted by Gasteiger charge is -2.34. The second kappa shape index (κ2) is 8.19. The van der Waals surface area contributed by atoms with Gasteiger partial charge in [0.2, 0.25) is 0 Å². The van der Waals surface area contributed by atoms with E-state index in [9.17, 15) is 0 Å². The van der Waals surface area contributed by atoms with Gasteiger partial charge in [0, 0.05) is 15.8 Å². The van der Waals surface area contributed by atoms with Gasteiger partial charge in [-0.1, -0.05) is 40.0 Å². The Kier molecular flexibility index (Phi) is 6.57. The molecule has 114 valence electrons. The van der Waals surface area contributed by atoms with Gasteiger partial charge in [-0.2, -0.15) is 0 Å². The lowest BCUT2D eigenvalue weighted by atomic mass is 9.77. The van der Waals surface area contributed by atoms with Crippen LogP contribution in [0.25, 0.3) is 0 Å². The van der Waals surface area contributed by atoms with Gasteiger partial charge in [-0.3, -0.25) is 0 Å². The van der Waals surface area contributed by atoms with Crippen LogP contribution in [0.3, 0.4) is 0 Å². The topological polar surface area (TPSA) is 12.0 Å². The summed E-state index contributed by atoms with van der Waals surface area (Å²) in [5.41, 5.74) is 0. The van der Waals surface area contributed by atoms with E-state index in [1.54, 1.807) is 4.88 Å². The molecule has 1 atom stereocenters. The van der Waals surface area contributed by atoms with Crippen LogP contribution in [-0.2, 0) is 12.8 Å². The van der Waals surface area contributed by atoms with Crippen LogP contribution in [0.1, 0.15) is 62.6 Å². The maximum atomic E-state index is 3.77. The molecule has 1 unspecified atom stereocenters. The van der Waals surface area contributed by atoms with Crippen LogP contribution in [0.4, 0.5) is 0 Å². The lowest BCUT2D eigenvalue weighted by Crippen LogP contribution is -2.39. The zero-order valence-electron chi connectivity index (χ0n) is 13.5. The molecule has 0 amide bonds. The van der Waals surface area contributed by atoms with Gasteiger partial charge < -0.3 is 5.32 Å². The minimum atomic E-state index is 0.696. The highest BCUT2D eigenvalue weighted by Gasteiger charge is 2.26. The molecule has 2 heteroatoms. The SMILES string of the molecule is CCNC(Cc1ccc(CC)s1)C1CCC(CC)CC1. The number of nitrogens with one attached hydrogen (secondary N) is 1. The molecule has 1 aliphatic rings. The van der Waals surface area contributed by atoms with E-state index < -0.39 is 0 Å². The molecule has 0 aliphatic heterocycles. The van der Waals surface area contributed by atoms with Crippen molar-refractivity contribution in [2.24, 2.45) is 11.8 Å². The van der Waals surface area contributed by atoms with E-state index in [1.165, 1.54) is 49.8 Å². The van der Waals surface area contributed by atoms with E-state index in [1.807, 2.05) is 11.3 Å². The Bertz CT molecular complexity index is 377. The first kappa shape index (κ1) is 16.0. The molecule has 2 rings (SSSR count). The zero-order valence-corrected chi connectivity index (χ0v) is 14.3. The third-order valence-electron chi connectivity index (χ3n) is 4.99. The summed E-state index contributed by atoms with van der Waals surface area (Å²) in [5.74, 6) is 1.90. The summed E-state index contributed by atoms with van der Waals surface area (Å²) in [6, 6.07) is 5.36. The van der Waals surface area contributed by atoms with Gasteiger partial charge in [-0.15, -0.1) is 11.3 Å². The molecule has 1 heterocycles. The summed E-state index contributed by atoms with van der Waals surface area (Å²) in [5, 5.41) is 3.77. The van der Waals surface area contributed by atoms with E-state index in [-0.39, 0.29) is 0 Å². The van der Waals surface area contributed by atoms with Gasteiger partial charge in [-0.25, -0.2) is 0 Å². The molecule has 0 bridgehead atoms. The molecule has 1 saturated carbocycles. The third kappa shape index (κ3) is 4.33. The molecule has 1 nitrogen and oxygen atoms in total. The van der Waals surface area contributed by atoms with Crippen molar-refractivity contribution in [3.05, 3.63) is 21.9 Å². The Hall–Kier alpha value is -0.340. The fraction of sp³-hybridized carbons (Fsp3) is 0.778. The summed E-state index contributed by atoms with van der Waals surface area (Å²) in [4.78, 5) is 3.11. The van der Waals surface area contributed by atoms with Crippen molar-refractivity contribution in [2.75, 3.05) is 6.54 Å². The lowest BCUT2D eigenvalue weighted by molar-refractivity contribution is 0.218. The van der Waals surface area contributed by atoms with Gasteiger partial charge in [0.1, 0.15) is 0 Å². The van der Waals surface area contributed by atoms with Crippen LogP contribution in [0, 0.1) is 11.8 Å². The monoisotopic (exact) mass is 293 g/mol. The average Bonchev–Trinajstić information content (AvgIpc) is 2.95. The first-order valence-electron chi connectivity index (χ1n) is 8.57. The highest BCUT2D eigenvalue weighted by Crippen LogP contribution is 2.34. The Morgan fingerprint density at radius 2 is 1.80 bits per heavy atom. The van der Waals surface area contributed by atoms with Crippen LogP contribution in [0.5, 0.6) is 0 Å². The molecule has 20 heavy (non-hydrogen) atoms. The molecule has 1 N–H and O–H groups in total. The second-order valence-corrected chi connectivity index (χ2v) is 7.53. The van der Waals surface area contributed by atoms with Crippen molar-refractivity contribution < 1.29 is 0 Å². The fourth-order valence-electron chi connectivity index (χ4n) is 3.61. The van der Waals surface area contributed by atoms with Gasteiger partial charge in [0.05, 0.1) is 0 Å². The average molecular weight is 294 g/mol. The Morgan fingerprint density at radius 1 is 1.10 bits per heavy atom. The van der Waals surface area contributed by atoms with E-state index in [4.69, 9.17) is 0 Å². The predicted octanol–water partition coefficient (Wildman–Crippen LogP) is 5.05. The van der Waals surface area contributed by atoms with E-state index in [0.29, 0.717) is 6.04 Å². The Balaban J connectivity index is 1.92. The quantitative estimate of drug-likeness (QED) is 0.742. The number of likely N-dealkylation sites (N-methyl/N-ethyl adjacent to an activating group) is 1. The molecule has 0 radical (unpaired) electrons. The molecule has 1 aromatic heterocycles. The Morgan fingerprint density at radius 3 is 2.35 bits per heavy atom. The van der Waals surface area contributed by atoms with Crippen molar-refractivity contribution in [2.45, 2.75) is 71.8 Å². The largest absolute Gasteiger partial charge is 0.314 e. The normalized spacial score (nSPS) is 24.8. The summed E-state index contributed by atoms with van der Waals surface area (Å²) >= 11 is 2.02. The first-order valence-corrected chi connectivity index (χ1v) is 9.39. The third-order valence-corrected chi connectivity index (χ3v) is 6.24. The van der Waals surface area contributed by atoms with Crippen molar-refractivity contribution in [3.63, 3.8) is 0 Å². The van der Waals surface area contributed by atoms with Gasteiger partial charge in [0.15, 0.2) is 0 Å². The number of rotatable bonds is 7. The van der Waals surface area contributed by atoms with Crippen LogP contribution >= 0.6 is 11.3 Å². The minimum Gasteiger partial charge on any atom is -0.314 e. The Labute approximate surface area is 129 Å². The van der Waals surface area contributed by atoms with Gasteiger partial charge in [-0.05, 0) is 56.2 Å². The molecule has 0 saturated heterocycles. The van der Waals surface area contributed by atoms with Crippen molar-refractivity contribution in [1.29, 1.82) is 0 Å². The summed E-state index contributed by atoms with van der Waals surface area (Å²) < 4.78 is 0. The number of thiophene rings is 1. The second-order valence-electron chi connectivity index (χ2n) is 6.28. The molecule has 1 fully saturated rings.